The average molecular weight is 245 g/mol. The third kappa shape index (κ3) is 3.59. The Kier molecular flexibility index (Phi) is 4.80. The molecule has 0 aliphatic carbocycles. The molecule has 0 radical (unpaired) electrons. The number of anilines is 1. The number of hydrogen-bond donors (Lipinski definition) is 1. The van der Waals surface area contributed by atoms with E-state index in [0.717, 1.165) is 12.1 Å². The van der Waals surface area contributed by atoms with Crippen molar-refractivity contribution in [2.75, 3.05) is 5.32 Å². The zero-order chi connectivity index (χ0) is 12.8. The van der Waals surface area contributed by atoms with Gasteiger partial charge in [-0.3, -0.25) is 4.79 Å². The zero-order valence-corrected chi connectivity index (χ0v) is 11.3. The van der Waals surface area contributed by atoms with Crippen LogP contribution in [0.1, 0.15) is 56.6 Å². The van der Waals surface area contributed by atoms with Gasteiger partial charge in [0.25, 0.3) is 0 Å². The molecule has 1 aromatic rings. The lowest BCUT2D eigenvalue weighted by atomic mass is 10.0. The Bertz CT molecular complexity index is 412. The minimum atomic E-state index is 0.127. The van der Waals surface area contributed by atoms with Crippen LogP contribution in [0.25, 0.3) is 0 Å². The second kappa shape index (κ2) is 6.58. The summed E-state index contributed by atoms with van der Waals surface area (Å²) < 4.78 is 0. The number of fused-ring (bicyclic) bond motifs is 1. The van der Waals surface area contributed by atoms with Gasteiger partial charge in [0.1, 0.15) is 0 Å². The van der Waals surface area contributed by atoms with E-state index in [1.165, 1.54) is 49.7 Å². The van der Waals surface area contributed by atoms with E-state index in [1.807, 2.05) is 6.07 Å². The Morgan fingerprint density at radius 3 is 2.72 bits per heavy atom. The van der Waals surface area contributed by atoms with Crippen LogP contribution in [0.4, 0.5) is 5.69 Å². The van der Waals surface area contributed by atoms with Gasteiger partial charge in [-0.15, -0.1) is 0 Å². The van der Waals surface area contributed by atoms with Crippen molar-refractivity contribution in [1.82, 2.24) is 0 Å². The third-order valence-corrected chi connectivity index (χ3v) is 3.61. The number of hydrogen-bond acceptors (Lipinski definition) is 1. The molecule has 1 N–H and O–H groups in total. The monoisotopic (exact) mass is 245 g/mol. The van der Waals surface area contributed by atoms with E-state index in [4.69, 9.17) is 0 Å². The lowest BCUT2D eigenvalue weighted by molar-refractivity contribution is -0.115. The number of unbranched alkanes of at least 4 members (excludes halogenated alkanes) is 5. The average Bonchev–Trinajstić information content (AvgIpc) is 2.73. The van der Waals surface area contributed by atoms with Crippen LogP contribution >= 0.6 is 0 Å². The van der Waals surface area contributed by atoms with Crippen LogP contribution in [0.3, 0.4) is 0 Å². The highest BCUT2D eigenvalue weighted by atomic mass is 16.1. The molecule has 98 valence electrons. The van der Waals surface area contributed by atoms with Crippen molar-refractivity contribution in [3.8, 4) is 0 Å². The molecule has 0 aromatic heterocycles. The van der Waals surface area contributed by atoms with Crippen LogP contribution in [0.2, 0.25) is 0 Å². The van der Waals surface area contributed by atoms with Gasteiger partial charge in [0.05, 0.1) is 6.42 Å². The molecule has 0 atom stereocenters. The Balaban J connectivity index is 1.74. The van der Waals surface area contributed by atoms with Crippen LogP contribution in [0.15, 0.2) is 18.2 Å². The van der Waals surface area contributed by atoms with Crippen molar-refractivity contribution >= 4 is 11.6 Å². The van der Waals surface area contributed by atoms with Crippen LogP contribution in [-0.2, 0) is 17.6 Å². The van der Waals surface area contributed by atoms with Crippen LogP contribution in [0.5, 0.6) is 0 Å². The Morgan fingerprint density at radius 1 is 1.11 bits per heavy atom. The number of benzene rings is 1. The largest absolute Gasteiger partial charge is 0.326 e. The summed E-state index contributed by atoms with van der Waals surface area (Å²) in [6.07, 6.45) is 9.71. The first-order valence-corrected chi connectivity index (χ1v) is 7.21. The summed E-state index contributed by atoms with van der Waals surface area (Å²) in [7, 11) is 0. The van der Waals surface area contributed by atoms with E-state index in [2.05, 4.69) is 24.4 Å². The number of aryl methyl sites for hydroxylation is 1. The van der Waals surface area contributed by atoms with Gasteiger partial charge in [0.2, 0.25) is 5.91 Å². The number of nitrogens with one attached hydrogen (secondary N) is 1. The molecule has 1 aliphatic heterocycles. The van der Waals surface area contributed by atoms with Crippen molar-refractivity contribution in [1.29, 1.82) is 0 Å². The molecule has 0 fully saturated rings. The maximum atomic E-state index is 11.3. The van der Waals surface area contributed by atoms with E-state index in [0.29, 0.717) is 6.42 Å². The lowest BCUT2D eigenvalue weighted by Gasteiger charge is -2.04. The second-order valence-corrected chi connectivity index (χ2v) is 5.23. The molecule has 1 heterocycles. The van der Waals surface area contributed by atoms with Crippen molar-refractivity contribution in [2.24, 2.45) is 0 Å². The second-order valence-electron chi connectivity index (χ2n) is 5.23. The minimum Gasteiger partial charge on any atom is -0.326 e. The number of carbonyl (C=O) groups is 1. The van der Waals surface area contributed by atoms with Gasteiger partial charge in [-0.2, -0.15) is 0 Å². The smallest absolute Gasteiger partial charge is 0.228 e. The van der Waals surface area contributed by atoms with Crippen molar-refractivity contribution in [2.45, 2.75) is 58.3 Å². The fourth-order valence-electron chi connectivity index (χ4n) is 2.55. The van der Waals surface area contributed by atoms with Crippen LogP contribution < -0.4 is 5.32 Å². The maximum absolute atomic E-state index is 11.3. The Labute approximate surface area is 110 Å². The molecule has 0 unspecified atom stereocenters. The third-order valence-electron chi connectivity index (χ3n) is 3.61. The molecule has 0 bridgehead atoms. The number of carbonyl (C=O) groups excluding carboxylic acids is 1. The first-order chi connectivity index (χ1) is 8.79. The molecule has 1 aliphatic rings. The predicted octanol–water partition coefficient (Wildman–Crippen LogP) is 4.08. The van der Waals surface area contributed by atoms with Crippen LogP contribution in [-0.4, -0.2) is 5.91 Å². The topological polar surface area (TPSA) is 29.1 Å². The van der Waals surface area contributed by atoms with Gasteiger partial charge < -0.3 is 5.32 Å². The van der Waals surface area contributed by atoms with Gasteiger partial charge in [0.15, 0.2) is 0 Å². The lowest BCUT2D eigenvalue weighted by Crippen LogP contribution is -2.03. The highest BCUT2D eigenvalue weighted by Gasteiger charge is 2.16. The fourth-order valence-corrected chi connectivity index (χ4v) is 2.55. The van der Waals surface area contributed by atoms with Gasteiger partial charge >= 0.3 is 0 Å². The van der Waals surface area contributed by atoms with Gasteiger partial charge in [-0.1, -0.05) is 51.2 Å². The molecular formula is C16H23NO. The molecular weight excluding hydrogens is 222 g/mol. The SMILES string of the molecule is CCCCCCCCc1ccc2c(c1)CC(=O)N2. The molecule has 0 saturated heterocycles. The number of amides is 1. The molecule has 0 saturated carbocycles. The molecule has 2 nitrogen and oxygen atoms in total. The highest BCUT2D eigenvalue weighted by molar-refractivity contribution is 5.99. The minimum absolute atomic E-state index is 0.127. The van der Waals surface area contributed by atoms with E-state index in [-0.39, 0.29) is 5.91 Å². The molecule has 18 heavy (non-hydrogen) atoms. The normalized spacial score (nSPS) is 13.5. The van der Waals surface area contributed by atoms with Gasteiger partial charge in [-0.25, -0.2) is 0 Å². The first kappa shape index (κ1) is 13.1. The highest BCUT2D eigenvalue weighted by Crippen LogP contribution is 2.24. The quantitative estimate of drug-likeness (QED) is 0.720. The van der Waals surface area contributed by atoms with Gasteiger partial charge in [-0.05, 0) is 30.0 Å². The predicted molar refractivity (Wildman–Crippen MR) is 75.9 cm³/mol. The van der Waals surface area contributed by atoms with E-state index in [1.54, 1.807) is 0 Å². The van der Waals surface area contributed by atoms with Crippen molar-refractivity contribution < 1.29 is 4.79 Å². The maximum Gasteiger partial charge on any atom is 0.228 e. The van der Waals surface area contributed by atoms with Gasteiger partial charge in [0, 0.05) is 5.69 Å². The Morgan fingerprint density at radius 2 is 1.89 bits per heavy atom. The summed E-state index contributed by atoms with van der Waals surface area (Å²) in [5.41, 5.74) is 3.55. The fraction of sp³-hybridized carbons (Fsp3) is 0.562. The first-order valence-electron chi connectivity index (χ1n) is 7.21. The van der Waals surface area contributed by atoms with Crippen molar-refractivity contribution in [3.63, 3.8) is 0 Å². The summed E-state index contributed by atoms with van der Waals surface area (Å²) in [5.74, 6) is 0.127. The molecule has 1 amide bonds. The molecule has 2 heteroatoms. The summed E-state index contributed by atoms with van der Waals surface area (Å²) in [4.78, 5) is 11.3. The molecule has 1 aromatic carbocycles. The summed E-state index contributed by atoms with van der Waals surface area (Å²) in [5, 5.41) is 2.88. The van der Waals surface area contributed by atoms with E-state index < -0.39 is 0 Å². The standard InChI is InChI=1S/C16H23NO/c1-2-3-4-5-6-7-8-13-9-10-15-14(11-13)12-16(18)17-15/h9-11H,2-8,12H2,1H3,(H,17,18). The number of rotatable bonds is 7. The molecule has 0 spiro atoms. The zero-order valence-electron chi connectivity index (χ0n) is 11.3. The van der Waals surface area contributed by atoms with E-state index in [9.17, 15) is 4.79 Å². The van der Waals surface area contributed by atoms with Crippen LogP contribution in [0, 0.1) is 0 Å². The summed E-state index contributed by atoms with van der Waals surface area (Å²) >= 11 is 0. The molecule has 2 rings (SSSR count). The van der Waals surface area contributed by atoms with E-state index >= 15 is 0 Å². The summed E-state index contributed by atoms with van der Waals surface area (Å²) in [6, 6.07) is 6.39. The Hall–Kier alpha value is -1.31. The summed E-state index contributed by atoms with van der Waals surface area (Å²) in [6.45, 7) is 2.25. The van der Waals surface area contributed by atoms with Crippen molar-refractivity contribution in [3.05, 3.63) is 29.3 Å².